The molecule has 0 fully saturated rings. The summed E-state index contributed by atoms with van der Waals surface area (Å²) in [5, 5.41) is 11.1. The topological polar surface area (TPSA) is 37.3 Å². The van der Waals surface area contributed by atoms with Gasteiger partial charge in [-0.1, -0.05) is 30.3 Å². The van der Waals surface area contributed by atoms with Gasteiger partial charge in [-0.15, -0.1) is 11.3 Å². The van der Waals surface area contributed by atoms with Gasteiger partial charge >= 0.3 is 5.97 Å². The first kappa shape index (κ1) is 11.6. The van der Waals surface area contributed by atoms with Crippen molar-refractivity contribution in [2.75, 3.05) is 0 Å². The first-order valence-electron chi connectivity index (χ1n) is 5.23. The van der Waals surface area contributed by atoms with Gasteiger partial charge in [0.05, 0.1) is 5.57 Å². The molecule has 0 aliphatic rings. The summed E-state index contributed by atoms with van der Waals surface area (Å²) in [4.78, 5) is 12.0. The molecule has 1 aromatic heterocycles. The third kappa shape index (κ3) is 2.63. The minimum Gasteiger partial charge on any atom is -0.478 e. The zero-order valence-corrected chi connectivity index (χ0v) is 10.2. The van der Waals surface area contributed by atoms with Crippen LogP contribution in [0.3, 0.4) is 0 Å². The molecule has 0 saturated heterocycles. The highest BCUT2D eigenvalue weighted by atomic mass is 32.1. The van der Waals surface area contributed by atoms with E-state index in [9.17, 15) is 9.90 Å². The summed E-state index contributed by atoms with van der Waals surface area (Å²) in [5.41, 5.74) is 2.36. The van der Waals surface area contributed by atoms with Gasteiger partial charge in [-0.2, -0.15) is 0 Å². The number of carbonyl (C=O) groups is 1. The standard InChI is InChI=1S/C14H12O2S/c1-10-5-2-3-6-11(10)9-12(14(15)16)13-7-4-8-17-13/h2-9H,1H3,(H,15,16)/b12-9-. The maximum absolute atomic E-state index is 11.3. The molecule has 0 atom stereocenters. The molecule has 17 heavy (non-hydrogen) atoms. The Morgan fingerprint density at radius 2 is 2.00 bits per heavy atom. The molecular weight excluding hydrogens is 232 g/mol. The van der Waals surface area contributed by atoms with E-state index in [1.165, 1.54) is 11.3 Å². The summed E-state index contributed by atoms with van der Waals surface area (Å²) in [5.74, 6) is -0.893. The van der Waals surface area contributed by atoms with Crippen LogP contribution in [0.15, 0.2) is 41.8 Å². The number of hydrogen-bond donors (Lipinski definition) is 1. The summed E-state index contributed by atoms with van der Waals surface area (Å²) in [6.07, 6.45) is 1.73. The molecule has 0 amide bonds. The lowest BCUT2D eigenvalue weighted by Gasteiger charge is -2.02. The monoisotopic (exact) mass is 244 g/mol. The van der Waals surface area contributed by atoms with Crippen LogP contribution in [0.2, 0.25) is 0 Å². The zero-order valence-electron chi connectivity index (χ0n) is 9.38. The van der Waals surface area contributed by atoms with Crippen molar-refractivity contribution >= 4 is 29.0 Å². The molecule has 0 unspecified atom stereocenters. The quantitative estimate of drug-likeness (QED) is 0.836. The molecule has 86 valence electrons. The molecule has 2 rings (SSSR count). The number of hydrogen-bond acceptors (Lipinski definition) is 2. The predicted octanol–water partition coefficient (Wildman–Crippen LogP) is 3.68. The molecule has 2 aromatic rings. The predicted molar refractivity (Wildman–Crippen MR) is 71.0 cm³/mol. The van der Waals surface area contributed by atoms with Crippen LogP contribution >= 0.6 is 11.3 Å². The van der Waals surface area contributed by atoms with E-state index in [2.05, 4.69) is 0 Å². The average Bonchev–Trinajstić information content (AvgIpc) is 2.81. The van der Waals surface area contributed by atoms with Gasteiger partial charge in [0.25, 0.3) is 0 Å². The average molecular weight is 244 g/mol. The fraction of sp³-hybridized carbons (Fsp3) is 0.0714. The molecule has 2 nitrogen and oxygen atoms in total. The number of aliphatic carboxylic acids is 1. The van der Waals surface area contributed by atoms with E-state index in [1.54, 1.807) is 6.08 Å². The van der Waals surface area contributed by atoms with Crippen LogP contribution in [0.5, 0.6) is 0 Å². The second-order valence-electron chi connectivity index (χ2n) is 3.70. The van der Waals surface area contributed by atoms with Gasteiger partial charge in [0.15, 0.2) is 0 Å². The van der Waals surface area contributed by atoms with E-state index < -0.39 is 5.97 Å². The summed E-state index contributed by atoms with van der Waals surface area (Å²) in [6.45, 7) is 1.97. The maximum Gasteiger partial charge on any atom is 0.337 e. The van der Waals surface area contributed by atoms with Crippen LogP contribution in [0.25, 0.3) is 11.6 Å². The van der Waals surface area contributed by atoms with Crippen LogP contribution in [0, 0.1) is 6.92 Å². The molecule has 0 saturated carbocycles. The van der Waals surface area contributed by atoms with Crippen molar-refractivity contribution in [2.24, 2.45) is 0 Å². The van der Waals surface area contributed by atoms with Gasteiger partial charge in [-0.3, -0.25) is 0 Å². The zero-order chi connectivity index (χ0) is 12.3. The Kier molecular flexibility index (Phi) is 3.40. The van der Waals surface area contributed by atoms with E-state index in [0.29, 0.717) is 5.57 Å². The largest absolute Gasteiger partial charge is 0.478 e. The van der Waals surface area contributed by atoms with Crippen LogP contribution in [-0.4, -0.2) is 11.1 Å². The van der Waals surface area contributed by atoms with E-state index >= 15 is 0 Å². The summed E-state index contributed by atoms with van der Waals surface area (Å²) in [6, 6.07) is 11.4. The van der Waals surface area contributed by atoms with E-state index in [0.717, 1.165) is 16.0 Å². The van der Waals surface area contributed by atoms with Crippen LogP contribution < -0.4 is 0 Å². The van der Waals surface area contributed by atoms with Crippen molar-refractivity contribution < 1.29 is 9.90 Å². The van der Waals surface area contributed by atoms with Crippen molar-refractivity contribution in [3.63, 3.8) is 0 Å². The number of benzene rings is 1. The van der Waals surface area contributed by atoms with E-state index in [4.69, 9.17) is 0 Å². The Balaban J connectivity index is 2.48. The third-order valence-corrected chi connectivity index (χ3v) is 3.41. The van der Waals surface area contributed by atoms with Gasteiger partial charge in [-0.05, 0) is 35.6 Å². The van der Waals surface area contributed by atoms with Gasteiger partial charge in [0.1, 0.15) is 0 Å². The lowest BCUT2D eigenvalue weighted by atomic mass is 10.1. The van der Waals surface area contributed by atoms with Crippen molar-refractivity contribution in [1.82, 2.24) is 0 Å². The van der Waals surface area contributed by atoms with Crippen molar-refractivity contribution in [3.8, 4) is 0 Å². The van der Waals surface area contributed by atoms with E-state index in [1.807, 2.05) is 48.7 Å². The van der Waals surface area contributed by atoms with Gasteiger partial charge in [0.2, 0.25) is 0 Å². The van der Waals surface area contributed by atoms with Gasteiger partial charge in [-0.25, -0.2) is 4.79 Å². The first-order valence-corrected chi connectivity index (χ1v) is 6.11. The Morgan fingerprint density at radius 1 is 1.24 bits per heavy atom. The molecule has 0 aliphatic carbocycles. The first-order chi connectivity index (χ1) is 8.18. The Morgan fingerprint density at radius 3 is 2.59 bits per heavy atom. The van der Waals surface area contributed by atoms with Crippen LogP contribution in [0.4, 0.5) is 0 Å². The second kappa shape index (κ2) is 4.97. The SMILES string of the molecule is Cc1ccccc1/C=C(\C(=O)O)c1cccs1. The molecule has 3 heteroatoms. The molecule has 0 radical (unpaired) electrons. The van der Waals surface area contributed by atoms with Crippen molar-refractivity contribution in [3.05, 3.63) is 57.8 Å². The number of rotatable bonds is 3. The molecule has 0 spiro atoms. The molecule has 1 N–H and O–H groups in total. The smallest absolute Gasteiger partial charge is 0.337 e. The second-order valence-corrected chi connectivity index (χ2v) is 4.64. The Labute approximate surface area is 104 Å². The number of aryl methyl sites for hydroxylation is 1. The molecular formula is C14H12O2S. The van der Waals surface area contributed by atoms with Gasteiger partial charge < -0.3 is 5.11 Å². The molecule has 0 bridgehead atoms. The lowest BCUT2D eigenvalue weighted by molar-refractivity contribution is -0.130. The van der Waals surface area contributed by atoms with Crippen LogP contribution in [-0.2, 0) is 4.79 Å². The number of carboxylic acids is 1. The van der Waals surface area contributed by atoms with E-state index in [-0.39, 0.29) is 0 Å². The molecule has 0 aliphatic heterocycles. The fourth-order valence-corrected chi connectivity index (χ4v) is 2.31. The normalized spacial score (nSPS) is 11.5. The Hall–Kier alpha value is -1.87. The highest BCUT2D eigenvalue weighted by molar-refractivity contribution is 7.11. The number of carboxylic acid groups (broad SMARTS) is 1. The summed E-state index contributed by atoms with van der Waals surface area (Å²) < 4.78 is 0. The molecule has 1 heterocycles. The molecule has 1 aromatic carbocycles. The Bertz CT molecular complexity index is 553. The summed E-state index contributed by atoms with van der Waals surface area (Å²) in [7, 11) is 0. The highest BCUT2D eigenvalue weighted by Gasteiger charge is 2.11. The minimum atomic E-state index is -0.893. The fourth-order valence-electron chi connectivity index (χ4n) is 1.57. The third-order valence-electron chi connectivity index (χ3n) is 2.51. The maximum atomic E-state index is 11.3. The van der Waals surface area contributed by atoms with Crippen molar-refractivity contribution in [2.45, 2.75) is 6.92 Å². The van der Waals surface area contributed by atoms with Crippen LogP contribution in [0.1, 0.15) is 16.0 Å². The highest BCUT2D eigenvalue weighted by Crippen LogP contribution is 2.24. The van der Waals surface area contributed by atoms with Crippen molar-refractivity contribution in [1.29, 1.82) is 0 Å². The minimum absolute atomic E-state index is 0.342. The van der Waals surface area contributed by atoms with Gasteiger partial charge in [0, 0.05) is 4.88 Å². The summed E-state index contributed by atoms with van der Waals surface area (Å²) >= 11 is 1.44. The number of thiophene rings is 1. The lowest BCUT2D eigenvalue weighted by Crippen LogP contribution is -1.98.